The van der Waals surface area contributed by atoms with Gasteiger partial charge in [-0.05, 0) is 11.1 Å². The molecule has 5 nitrogen and oxygen atoms in total. The van der Waals surface area contributed by atoms with Crippen molar-refractivity contribution >= 4 is 13.6 Å². The summed E-state index contributed by atoms with van der Waals surface area (Å²) in [5, 5.41) is 0. The van der Waals surface area contributed by atoms with Gasteiger partial charge in [0, 0.05) is 0 Å². The van der Waals surface area contributed by atoms with Crippen molar-refractivity contribution in [2.75, 3.05) is 13.3 Å². The molecule has 0 N–H and O–H groups in total. The molecule has 0 amide bonds. The first-order chi connectivity index (χ1) is 11.6. The standard InChI is InChI=1S/C17H18FO5P/c18-11-17(19)14-23-24(20,21-12-15-7-3-1-4-8-15)22-13-16-9-5-2-6-10-16/h1-10H,11-14H2. The third kappa shape index (κ3) is 6.34. The molecule has 0 heterocycles. The fourth-order valence-electron chi connectivity index (χ4n) is 1.76. The summed E-state index contributed by atoms with van der Waals surface area (Å²) in [6.45, 7) is -1.90. The first-order valence-electron chi connectivity index (χ1n) is 7.30. The Morgan fingerprint density at radius 2 is 1.29 bits per heavy atom. The molecule has 7 heteroatoms. The molecule has 2 rings (SSSR count). The maximum atomic E-state index is 12.6. The van der Waals surface area contributed by atoms with E-state index in [2.05, 4.69) is 0 Å². The quantitative estimate of drug-likeness (QED) is 0.603. The van der Waals surface area contributed by atoms with Gasteiger partial charge >= 0.3 is 7.82 Å². The molecule has 0 aromatic heterocycles. The molecule has 0 fully saturated rings. The van der Waals surface area contributed by atoms with Crippen LogP contribution in [0.25, 0.3) is 0 Å². The number of carbonyl (C=O) groups is 1. The highest BCUT2D eigenvalue weighted by Gasteiger charge is 2.28. The van der Waals surface area contributed by atoms with Gasteiger partial charge in [-0.1, -0.05) is 60.7 Å². The lowest BCUT2D eigenvalue weighted by molar-refractivity contribution is -0.122. The first-order valence-corrected chi connectivity index (χ1v) is 8.76. The number of halogens is 1. The minimum absolute atomic E-state index is 0.0171. The Labute approximate surface area is 140 Å². The molecule has 0 unspecified atom stereocenters. The summed E-state index contributed by atoms with van der Waals surface area (Å²) in [4.78, 5) is 11.1. The van der Waals surface area contributed by atoms with E-state index in [0.29, 0.717) is 0 Å². The maximum Gasteiger partial charge on any atom is 0.475 e. The second-order valence-corrected chi connectivity index (χ2v) is 6.58. The normalized spacial score (nSPS) is 11.4. The number of Topliss-reactive ketones (excluding diaryl/α,β-unsaturated/α-hetero) is 1. The molecule has 2 aromatic carbocycles. The van der Waals surface area contributed by atoms with Crippen molar-refractivity contribution in [2.45, 2.75) is 13.2 Å². The van der Waals surface area contributed by atoms with E-state index in [9.17, 15) is 13.8 Å². The van der Waals surface area contributed by atoms with E-state index in [0.717, 1.165) is 11.1 Å². The molecule has 128 valence electrons. The van der Waals surface area contributed by atoms with Gasteiger partial charge in [0.1, 0.15) is 6.61 Å². The van der Waals surface area contributed by atoms with Crippen LogP contribution in [0.1, 0.15) is 11.1 Å². The highest BCUT2D eigenvalue weighted by molar-refractivity contribution is 7.48. The number of alkyl halides is 1. The van der Waals surface area contributed by atoms with Gasteiger partial charge in [0.05, 0.1) is 13.2 Å². The van der Waals surface area contributed by atoms with Crippen molar-refractivity contribution in [3.05, 3.63) is 71.8 Å². The van der Waals surface area contributed by atoms with Gasteiger partial charge < -0.3 is 0 Å². The van der Waals surface area contributed by atoms with Gasteiger partial charge in [-0.15, -0.1) is 0 Å². The summed E-state index contributed by atoms with van der Waals surface area (Å²) in [5.41, 5.74) is 1.53. The minimum atomic E-state index is -4.00. The Morgan fingerprint density at radius 1 is 0.833 bits per heavy atom. The highest BCUT2D eigenvalue weighted by atomic mass is 31.2. The molecule has 0 saturated carbocycles. The Morgan fingerprint density at radius 3 is 1.71 bits per heavy atom. The van der Waals surface area contributed by atoms with Gasteiger partial charge in [0.25, 0.3) is 0 Å². The van der Waals surface area contributed by atoms with Crippen LogP contribution in [0.4, 0.5) is 4.39 Å². The summed E-state index contributed by atoms with van der Waals surface area (Å²) >= 11 is 0. The molecule has 0 saturated heterocycles. The SMILES string of the molecule is O=C(CF)COP(=O)(OCc1ccccc1)OCc1ccccc1. The van der Waals surface area contributed by atoms with Crippen molar-refractivity contribution in [1.29, 1.82) is 0 Å². The van der Waals surface area contributed by atoms with Gasteiger partial charge in [0.2, 0.25) is 0 Å². The van der Waals surface area contributed by atoms with Crippen molar-refractivity contribution in [1.82, 2.24) is 0 Å². The number of ketones is 1. The van der Waals surface area contributed by atoms with E-state index in [1.54, 1.807) is 24.3 Å². The predicted molar refractivity (Wildman–Crippen MR) is 87.0 cm³/mol. The van der Waals surface area contributed by atoms with Gasteiger partial charge in [-0.25, -0.2) is 8.96 Å². The van der Waals surface area contributed by atoms with Crippen LogP contribution in [-0.2, 0) is 36.1 Å². The Hall–Kier alpha value is -1.85. The summed E-state index contributed by atoms with van der Waals surface area (Å²) in [6.07, 6.45) is 0. The molecule has 2 aromatic rings. The Kier molecular flexibility index (Phi) is 7.28. The summed E-state index contributed by atoms with van der Waals surface area (Å²) in [6, 6.07) is 18.1. The van der Waals surface area contributed by atoms with Crippen molar-refractivity contribution in [3.63, 3.8) is 0 Å². The highest BCUT2D eigenvalue weighted by Crippen LogP contribution is 2.50. The molecule has 24 heavy (non-hydrogen) atoms. The van der Waals surface area contributed by atoms with Crippen LogP contribution in [0.15, 0.2) is 60.7 Å². The molecule has 0 atom stereocenters. The molecule has 0 aliphatic heterocycles. The van der Waals surface area contributed by atoms with Gasteiger partial charge in [-0.2, -0.15) is 0 Å². The van der Waals surface area contributed by atoms with Crippen molar-refractivity contribution in [2.24, 2.45) is 0 Å². The number of rotatable bonds is 10. The lowest BCUT2D eigenvalue weighted by Gasteiger charge is -2.17. The van der Waals surface area contributed by atoms with Crippen molar-refractivity contribution < 1.29 is 27.3 Å². The number of hydrogen-bond donors (Lipinski definition) is 0. The topological polar surface area (TPSA) is 61.8 Å². The smallest absolute Gasteiger partial charge is 0.294 e. The third-order valence-electron chi connectivity index (χ3n) is 3.00. The zero-order valence-electron chi connectivity index (χ0n) is 13.0. The zero-order chi connectivity index (χ0) is 17.3. The molecule has 0 bridgehead atoms. The van der Waals surface area contributed by atoms with E-state index >= 15 is 0 Å². The Balaban J connectivity index is 1.99. The average molecular weight is 352 g/mol. The molecular formula is C17H18FO5P. The van der Waals surface area contributed by atoms with Gasteiger partial charge in [0.15, 0.2) is 12.5 Å². The maximum absolute atomic E-state index is 12.6. The molecule has 0 radical (unpaired) electrons. The second-order valence-electron chi connectivity index (χ2n) is 4.91. The van der Waals surface area contributed by atoms with E-state index in [4.69, 9.17) is 13.6 Å². The number of phosphoric acid groups is 1. The van der Waals surface area contributed by atoms with Crippen LogP contribution in [-0.4, -0.2) is 19.1 Å². The number of benzene rings is 2. The third-order valence-corrected chi connectivity index (χ3v) is 4.33. The zero-order valence-corrected chi connectivity index (χ0v) is 13.9. The van der Waals surface area contributed by atoms with E-state index in [1.165, 1.54) is 0 Å². The van der Waals surface area contributed by atoms with E-state index in [1.807, 2.05) is 36.4 Å². The van der Waals surface area contributed by atoms with Crippen LogP contribution in [0, 0.1) is 0 Å². The monoisotopic (exact) mass is 352 g/mol. The molecular weight excluding hydrogens is 334 g/mol. The molecule has 0 aliphatic carbocycles. The average Bonchev–Trinajstić information content (AvgIpc) is 2.65. The lowest BCUT2D eigenvalue weighted by atomic mass is 10.2. The lowest BCUT2D eigenvalue weighted by Crippen LogP contribution is -2.11. The summed E-state index contributed by atoms with van der Waals surface area (Å²) < 4.78 is 40.4. The van der Waals surface area contributed by atoms with Crippen LogP contribution >= 0.6 is 7.82 Å². The number of phosphoric ester groups is 1. The van der Waals surface area contributed by atoms with Crippen LogP contribution in [0.3, 0.4) is 0 Å². The van der Waals surface area contributed by atoms with E-state index < -0.39 is 26.9 Å². The Bertz CT molecular complexity index is 630. The summed E-state index contributed by atoms with van der Waals surface area (Å²) in [5.74, 6) is -0.832. The van der Waals surface area contributed by atoms with Crippen LogP contribution in [0.2, 0.25) is 0 Å². The van der Waals surface area contributed by atoms with Gasteiger partial charge in [-0.3, -0.25) is 18.4 Å². The second kappa shape index (κ2) is 9.45. The molecule has 0 aliphatic rings. The van der Waals surface area contributed by atoms with Crippen LogP contribution < -0.4 is 0 Å². The summed E-state index contributed by atoms with van der Waals surface area (Å²) in [7, 11) is -4.00. The predicted octanol–water partition coefficient (Wildman–Crippen LogP) is 4.08. The number of carbonyl (C=O) groups excluding carboxylic acids is 1. The fraction of sp³-hybridized carbons (Fsp3) is 0.235. The molecule has 0 spiro atoms. The largest absolute Gasteiger partial charge is 0.475 e. The van der Waals surface area contributed by atoms with Crippen molar-refractivity contribution in [3.8, 4) is 0 Å². The van der Waals surface area contributed by atoms with E-state index in [-0.39, 0.29) is 13.2 Å². The van der Waals surface area contributed by atoms with Crippen LogP contribution in [0.5, 0.6) is 0 Å². The number of hydrogen-bond acceptors (Lipinski definition) is 5. The minimum Gasteiger partial charge on any atom is -0.294 e. The fourth-order valence-corrected chi connectivity index (χ4v) is 2.90. The first kappa shape index (κ1) is 18.5.